The van der Waals surface area contributed by atoms with Crippen molar-refractivity contribution in [3.05, 3.63) is 119 Å². The van der Waals surface area contributed by atoms with E-state index in [1.54, 1.807) is 42.5 Å². The highest BCUT2D eigenvalue weighted by Crippen LogP contribution is 2.39. The van der Waals surface area contributed by atoms with Gasteiger partial charge >= 0.3 is 6.18 Å². The molecule has 0 heterocycles. The number of hydrogen-bond donors (Lipinski definition) is 1. The molecule has 0 aliphatic heterocycles. The van der Waals surface area contributed by atoms with E-state index < -0.39 is 18.1 Å². The Hall–Kier alpha value is -3.35. The van der Waals surface area contributed by atoms with Crippen molar-refractivity contribution in [2.45, 2.75) is 38.1 Å². The maximum absolute atomic E-state index is 14.4. The van der Waals surface area contributed by atoms with E-state index in [9.17, 15) is 18.0 Å². The van der Waals surface area contributed by atoms with Gasteiger partial charge in [-0.25, -0.2) is 0 Å². The Kier molecular flexibility index (Phi) is 8.52. The third kappa shape index (κ3) is 6.70. The molecule has 37 heavy (non-hydrogen) atoms. The number of amides is 1. The second-order valence-electron chi connectivity index (χ2n) is 9.00. The van der Waals surface area contributed by atoms with Gasteiger partial charge in [0.25, 0.3) is 0 Å². The molecule has 1 N–H and O–H groups in total. The normalized spacial score (nSPS) is 13.3. The van der Waals surface area contributed by atoms with E-state index in [1.807, 2.05) is 49.4 Å². The lowest BCUT2D eigenvalue weighted by molar-refractivity contribution is -0.193. The van der Waals surface area contributed by atoms with Crippen LogP contribution in [-0.4, -0.2) is 23.5 Å². The van der Waals surface area contributed by atoms with E-state index >= 15 is 0 Å². The fourth-order valence-electron chi connectivity index (χ4n) is 4.57. The Morgan fingerprint density at radius 3 is 2.24 bits per heavy atom. The largest absolute Gasteiger partial charge is 0.413 e. The zero-order valence-electron chi connectivity index (χ0n) is 20.4. The van der Waals surface area contributed by atoms with Crippen molar-refractivity contribution in [2.75, 3.05) is 6.54 Å². The lowest BCUT2D eigenvalue weighted by Crippen LogP contribution is -2.43. The highest BCUT2D eigenvalue weighted by Gasteiger charge is 2.46. The van der Waals surface area contributed by atoms with Gasteiger partial charge in [-0.05, 0) is 46.5 Å². The van der Waals surface area contributed by atoms with Crippen molar-refractivity contribution < 1.29 is 18.0 Å². The van der Waals surface area contributed by atoms with Crippen molar-refractivity contribution in [1.29, 1.82) is 0 Å². The van der Waals surface area contributed by atoms with E-state index in [0.29, 0.717) is 10.6 Å². The van der Waals surface area contributed by atoms with Gasteiger partial charge in [0.05, 0.1) is 0 Å². The molecule has 0 aliphatic rings. The topological polar surface area (TPSA) is 32.3 Å². The Labute approximate surface area is 219 Å². The minimum absolute atomic E-state index is 0.0226. The van der Waals surface area contributed by atoms with Crippen molar-refractivity contribution in [1.82, 2.24) is 10.2 Å². The van der Waals surface area contributed by atoms with E-state index in [0.717, 1.165) is 21.2 Å². The molecule has 0 aliphatic carbocycles. The first kappa shape index (κ1) is 26.7. The van der Waals surface area contributed by atoms with Crippen LogP contribution < -0.4 is 5.32 Å². The second-order valence-corrected chi connectivity index (χ2v) is 9.43. The SMILES string of the molecule is CC(NCCC(=O)N(Cc1ccc(Cl)cc1)C(c1ccccc1)C(F)(F)F)c1cccc2ccccc12. The molecule has 0 aromatic heterocycles. The Bertz CT molecular complexity index is 1320. The Morgan fingerprint density at radius 2 is 1.54 bits per heavy atom. The van der Waals surface area contributed by atoms with E-state index in [2.05, 4.69) is 5.32 Å². The van der Waals surface area contributed by atoms with Gasteiger partial charge in [0.2, 0.25) is 5.91 Å². The van der Waals surface area contributed by atoms with Crippen LogP contribution in [0.1, 0.15) is 42.1 Å². The van der Waals surface area contributed by atoms with Gasteiger partial charge < -0.3 is 10.2 Å². The second kappa shape index (κ2) is 11.8. The average molecular weight is 525 g/mol. The third-order valence-corrected chi connectivity index (χ3v) is 6.65. The molecule has 4 rings (SSSR count). The van der Waals surface area contributed by atoms with Crippen LogP contribution >= 0.6 is 11.6 Å². The quantitative estimate of drug-likeness (QED) is 0.241. The molecule has 0 bridgehead atoms. The number of fused-ring (bicyclic) bond motifs is 1. The maximum Gasteiger partial charge on any atom is 0.413 e. The summed E-state index contributed by atoms with van der Waals surface area (Å²) in [5, 5.41) is 6.00. The first-order chi connectivity index (χ1) is 17.7. The van der Waals surface area contributed by atoms with Crippen LogP contribution in [0.25, 0.3) is 10.8 Å². The standard InChI is InChI=1S/C30H28ClF3N2O/c1-21(26-13-7-11-23-8-5-6-12-27(23)26)35-19-18-28(37)36(20-22-14-16-25(31)17-15-22)29(30(32,33)34)24-9-3-2-4-10-24/h2-17,21,29,35H,18-20H2,1H3. The molecule has 4 aromatic carbocycles. The number of benzene rings is 4. The van der Waals surface area contributed by atoms with Crippen molar-refractivity contribution in [3.8, 4) is 0 Å². The number of alkyl halides is 3. The van der Waals surface area contributed by atoms with Gasteiger partial charge in [-0.2, -0.15) is 13.2 Å². The lowest BCUT2D eigenvalue weighted by atomic mass is 9.99. The minimum atomic E-state index is -4.65. The molecule has 1 amide bonds. The summed E-state index contributed by atoms with van der Waals surface area (Å²) in [6.07, 6.45) is -4.73. The molecule has 0 spiro atoms. The first-order valence-electron chi connectivity index (χ1n) is 12.1. The average Bonchev–Trinajstić information content (AvgIpc) is 2.89. The van der Waals surface area contributed by atoms with Gasteiger partial charge in [-0.1, -0.05) is 96.5 Å². The monoisotopic (exact) mass is 524 g/mol. The van der Waals surface area contributed by atoms with Crippen LogP contribution in [0.2, 0.25) is 5.02 Å². The molecule has 2 unspecified atom stereocenters. The van der Waals surface area contributed by atoms with Gasteiger partial charge in [0.15, 0.2) is 6.04 Å². The number of carbonyl (C=O) groups is 1. The van der Waals surface area contributed by atoms with E-state index in [-0.39, 0.29) is 31.1 Å². The number of halogens is 4. The van der Waals surface area contributed by atoms with Gasteiger partial charge in [0, 0.05) is 30.6 Å². The molecular weight excluding hydrogens is 497 g/mol. The fraction of sp³-hybridized carbons (Fsp3) is 0.233. The van der Waals surface area contributed by atoms with Crippen molar-refractivity contribution in [3.63, 3.8) is 0 Å². The molecule has 4 aromatic rings. The summed E-state index contributed by atoms with van der Waals surface area (Å²) in [6.45, 7) is 2.04. The maximum atomic E-state index is 14.4. The smallest absolute Gasteiger partial charge is 0.322 e. The third-order valence-electron chi connectivity index (χ3n) is 6.40. The molecule has 2 atom stereocenters. The lowest BCUT2D eigenvalue weighted by Gasteiger charge is -2.34. The number of rotatable bonds is 9. The molecule has 7 heteroatoms. The molecule has 0 fully saturated rings. The van der Waals surface area contributed by atoms with Crippen molar-refractivity contribution >= 4 is 28.3 Å². The number of nitrogens with one attached hydrogen (secondary N) is 1. The fourth-order valence-corrected chi connectivity index (χ4v) is 4.69. The first-order valence-corrected chi connectivity index (χ1v) is 12.5. The zero-order valence-corrected chi connectivity index (χ0v) is 21.1. The van der Waals surface area contributed by atoms with Crippen LogP contribution in [-0.2, 0) is 11.3 Å². The highest BCUT2D eigenvalue weighted by molar-refractivity contribution is 6.30. The van der Waals surface area contributed by atoms with Gasteiger partial charge in [0.1, 0.15) is 0 Å². The van der Waals surface area contributed by atoms with E-state index in [4.69, 9.17) is 11.6 Å². The van der Waals surface area contributed by atoms with Gasteiger partial charge in [-0.15, -0.1) is 0 Å². The molecule has 0 saturated heterocycles. The predicted octanol–water partition coefficient (Wildman–Crippen LogP) is 7.87. The van der Waals surface area contributed by atoms with Crippen LogP contribution in [0.15, 0.2) is 97.1 Å². The number of hydrogen-bond acceptors (Lipinski definition) is 2. The zero-order chi connectivity index (χ0) is 26.4. The summed E-state index contributed by atoms with van der Waals surface area (Å²) in [7, 11) is 0. The van der Waals surface area contributed by atoms with Crippen LogP contribution in [0.5, 0.6) is 0 Å². The van der Waals surface area contributed by atoms with Gasteiger partial charge in [-0.3, -0.25) is 4.79 Å². The summed E-state index contributed by atoms with van der Waals surface area (Å²) in [5.41, 5.74) is 1.66. The minimum Gasteiger partial charge on any atom is -0.322 e. The summed E-state index contributed by atoms with van der Waals surface area (Å²) in [4.78, 5) is 14.3. The summed E-state index contributed by atoms with van der Waals surface area (Å²) < 4.78 is 43.1. The summed E-state index contributed by atoms with van der Waals surface area (Å²) >= 11 is 5.96. The molecular formula is C30H28ClF3N2O. The molecule has 192 valence electrons. The summed E-state index contributed by atoms with van der Waals surface area (Å²) in [5.74, 6) is -0.584. The predicted molar refractivity (Wildman–Crippen MR) is 142 cm³/mol. The van der Waals surface area contributed by atoms with Crippen LogP contribution in [0.4, 0.5) is 13.2 Å². The highest BCUT2D eigenvalue weighted by atomic mass is 35.5. The van der Waals surface area contributed by atoms with Crippen molar-refractivity contribution in [2.24, 2.45) is 0 Å². The molecule has 0 radical (unpaired) electrons. The summed E-state index contributed by atoms with van der Waals surface area (Å²) in [6, 6.07) is 25.9. The molecule has 3 nitrogen and oxygen atoms in total. The Morgan fingerprint density at radius 1 is 0.892 bits per heavy atom. The number of carbonyl (C=O) groups excluding carboxylic acids is 1. The van der Waals surface area contributed by atoms with Crippen LogP contribution in [0, 0.1) is 0 Å². The van der Waals surface area contributed by atoms with E-state index in [1.165, 1.54) is 12.1 Å². The number of nitrogens with zero attached hydrogens (tertiary/aromatic N) is 1. The van der Waals surface area contributed by atoms with Crippen LogP contribution in [0.3, 0.4) is 0 Å². The Balaban J connectivity index is 1.54. The molecule has 0 saturated carbocycles.